The van der Waals surface area contributed by atoms with E-state index in [2.05, 4.69) is 34.2 Å². The van der Waals surface area contributed by atoms with Crippen LogP contribution in [0.4, 0.5) is 0 Å². The molecule has 112 valence electrons. The first-order chi connectivity index (χ1) is 10.1. The lowest BCUT2D eigenvalue weighted by atomic mass is 10.1. The van der Waals surface area contributed by atoms with Crippen LogP contribution in [0.1, 0.15) is 24.1 Å². The largest absolute Gasteiger partial charge is 0.457 e. The number of ether oxygens (including phenoxy) is 1. The SMILES string of the molecule is CNC(C)c1cc(Br)ccc1Oc1ccc(CCO)cc1. The van der Waals surface area contributed by atoms with Gasteiger partial charge in [0.05, 0.1) is 0 Å². The van der Waals surface area contributed by atoms with Gasteiger partial charge in [0.2, 0.25) is 0 Å². The van der Waals surface area contributed by atoms with Gasteiger partial charge in [-0.3, -0.25) is 0 Å². The third-order valence-corrected chi connectivity index (χ3v) is 3.92. The summed E-state index contributed by atoms with van der Waals surface area (Å²) in [6.07, 6.45) is 0.667. The molecule has 0 aliphatic rings. The lowest BCUT2D eigenvalue weighted by Gasteiger charge is -2.17. The predicted molar refractivity (Wildman–Crippen MR) is 88.9 cm³/mol. The van der Waals surface area contributed by atoms with Gasteiger partial charge in [-0.1, -0.05) is 28.1 Å². The zero-order valence-corrected chi connectivity index (χ0v) is 13.9. The standard InChI is InChI=1S/C17H20BrNO2/c1-12(19-2)16-11-14(18)5-8-17(16)21-15-6-3-13(4-7-15)9-10-20/h3-8,11-12,19-20H,9-10H2,1-2H3. The second-order valence-corrected chi connectivity index (χ2v) is 5.83. The summed E-state index contributed by atoms with van der Waals surface area (Å²) in [5, 5.41) is 12.2. The Labute approximate surface area is 134 Å². The van der Waals surface area contributed by atoms with Gasteiger partial charge in [0.25, 0.3) is 0 Å². The molecular weight excluding hydrogens is 330 g/mol. The second-order valence-electron chi connectivity index (χ2n) is 4.91. The molecule has 0 aliphatic heterocycles. The number of hydrogen-bond acceptors (Lipinski definition) is 3. The molecular formula is C17H20BrNO2. The summed E-state index contributed by atoms with van der Waals surface area (Å²) in [6.45, 7) is 2.26. The molecule has 21 heavy (non-hydrogen) atoms. The number of aliphatic hydroxyl groups excluding tert-OH is 1. The highest BCUT2D eigenvalue weighted by molar-refractivity contribution is 9.10. The molecule has 0 spiro atoms. The van der Waals surface area contributed by atoms with Gasteiger partial charge in [-0.25, -0.2) is 0 Å². The molecule has 2 aromatic rings. The smallest absolute Gasteiger partial charge is 0.132 e. The van der Waals surface area contributed by atoms with E-state index in [-0.39, 0.29) is 12.6 Å². The van der Waals surface area contributed by atoms with Crippen molar-refractivity contribution in [3.63, 3.8) is 0 Å². The molecule has 0 saturated heterocycles. The van der Waals surface area contributed by atoms with Gasteiger partial charge in [0.15, 0.2) is 0 Å². The zero-order valence-electron chi connectivity index (χ0n) is 12.3. The molecule has 2 aromatic carbocycles. The number of halogens is 1. The van der Waals surface area contributed by atoms with Gasteiger partial charge in [-0.05, 0) is 56.3 Å². The van der Waals surface area contributed by atoms with Crippen LogP contribution in [0.15, 0.2) is 46.9 Å². The Balaban J connectivity index is 2.22. The Morgan fingerprint density at radius 1 is 1.19 bits per heavy atom. The first-order valence-corrected chi connectivity index (χ1v) is 7.77. The third kappa shape index (κ3) is 4.30. The molecule has 2 N–H and O–H groups in total. The van der Waals surface area contributed by atoms with E-state index >= 15 is 0 Å². The molecule has 1 atom stereocenters. The number of hydrogen-bond donors (Lipinski definition) is 2. The van der Waals surface area contributed by atoms with Crippen LogP contribution in [0, 0.1) is 0 Å². The van der Waals surface area contributed by atoms with Gasteiger partial charge < -0.3 is 15.2 Å². The third-order valence-electron chi connectivity index (χ3n) is 3.42. The minimum Gasteiger partial charge on any atom is -0.457 e. The van der Waals surface area contributed by atoms with Gasteiger partial charge in [0, 0.05) is 22.7 Å². The van der Waals surface area contributed by atoms with Crippen LogP contribution in [0.2, 0.25) is 0 Å². The summed E-state index contributed by atoms with van der Waals surface area (Å²) < 4.78 is 7.03. The number of rotatable bonds is 6. The molecule has 2 rings (SSSR count). The van der Waals surface area contributed by atoms with E-state index in [0.717, 1.165) is 27.1 Å². The number of aliphatic hydroxyl groups is 1. The molecule has 0 radical (unpaired) electrons. The number of nitrogens with one attached hydrogen (secondary N) is 1. The highest BCUT2D eigenvalue weighted by Crippen LogP contribution is 2.32. The fraction of sp³-hybridized carbons (Fsp3) is 0.294. The van der Waals surface area contributed by atoms with Crippen molar-refractivity contribution >= 4 is 15.9 Å². The maximum Gasteiger partial charge on any atom is 0.132 e. The number of benzene rings is 2. The van der Waals surface area contributed by atoms with E-state index in [1.807, 2.05) is 43.4 Å². The summed E-state index contributed by atoms with van der Waals surface area (Å²) >= 11 is 3.50. The monoisotopic (exact) mass is 349 g/mol. The molecule has 0 saturated carbocycles. The fourth-order valence-electron chi connectivity index (χ4n) is 2.09. The van der Waals surface area contributed by atoms with Gasteiger partial charge in [-0.2, -0.15) is 0 Å². The van der Waals surface area contributed by atoms with Crippen molar-refractivity contribution in [3.8, 4) is 11.5 Å². The maximum atomic E-state index is 8.93. The molecule has 0 fully saturated rings. The Kier molecular flexibility index (Phi) is 5.79. The van der Waals surface area contributed by atoms with Crippen molar-refractivity contribution in [2.45, 2.75) is 19.4 Å². The highest BCUT2D eigenvalue weighted by atomic mass is 79.9. The first kappa shape index (κ1) is 16.0. The minimum absolute atomic E-state index is 0.163. The van der Waals surface area contributed by atoms with E-state index in [1.165, 1.54) is 0 Å². The Morgan fingerprint density at radius 3 is 2.52 bits per heavy atom. The lowest BCUT2D eigenvalue weighted by Crippen LogP contribution is -2.13. The zero-order chi connectivity index (χ0) is 15.2. The van der Waals surface area contributed by atoms with Crippen LogP contribution in [0.5, 0.6) is 11.5 Å². The topological polar surface area (TPSA) is 41.5 Å². The van der Waals surface area contributed by atoms with Crippen molar-refractivity contribution in [2.75, 3.05) is 13.7 Å². The van der Waals surface area contributed by atoms with Gasteiger partial charge in [0.1, 0.15) is 11.5 Å². The van der Waals surface area contributed by atoms with E-state index < -0.39 is 0 Å². The van der Waals surface area contributed by atoms with E-state index in [0.29, 0.717) is 6.42 Å². The molecule has 1 unspecified atom stereocenters. The summed E-state index contributed by atoms with van der Waals surface area (Å²) in [5.41, 5.74) is 2.20. The second kappa shape index (κ2) is 7.59. The fourth-order valence-corrected chi connectivity index (χ4v) is 2.47. The molecule has 0 heterocycles. The van der Waals surface area contributed by atoms with Crippen LogP contribution < -0.4 is 10.1 Å². The average molecular weight is 350 g/mol. The van der Waals surface area contributed by atoms with Gasteiger partial charge >= 0.3 is 0 Å². The van der Waals surface area contributed by atoms with E-state index in [4.69, 9.17) is 9.84 Å². The first-order valence-electron chi connectivity index (χ1n) is 6.98. The summed E-state index contributed by atoms with van der Waals surface area (Å²) in [4.78, 5) is 0. The van der Waals surface area contributed by atoms with Crippen LogP contribution >= 0.6 is 15.9 Å². The molecule has 0 bridgehead atoms. The predicted octanol–water partition coefficient (Wildman–Crippen LogP) is 4.06. The van der Waals surface area contributed by atoms with Crippen molar-refractivity contribution in [3.05, 3.63) is 58.1 Å². The summed E-state index contributed by atoms with van der Waals surface area (Å²) in [6, 6.07) is 14.0. The maximum absolute atomic E-state index is 8.93. The Hall–Kier alpha value is -1.36. The molecule has 0 aromatic heterocycles. The van der Waals surface area contributed by atoms with Crippen molar-refractivity contribution in [1.29, 1.82) is 0 Å². The van der Waals surface area contributed by atoms with E-state index in [1.54, 1.807) is 0 Å². The van der Waals surface area contributed by atoms with Crippen LogP contribution in [-0.2, 0) is 6.42 Å². The summed E-state index contributed by atoms with van der Waals surface area (Å²) in [5.74, 6) is 1.64. The van der Waals surface area contributed by atoms with Gasteiger partial charge in [-0.15, -0.1) is 0 Å². The van der Waals surface area contributed by atoms with Crippen molar-refractivity contribution in [2.24, 2.45) is 0 Å². The quantitative estimate of drug-likeness (QED) is 0.826. The normalized spacial score (nSPS) is 12.2. The van der Waals surface area contributed by atoms with Crippen LogP contribution in [-0.4, -0.2) is 18.8 Å². The molecule has 0 aliphatic carbocycles. The lowest BCUT2D eigenvalue weighted by molar-refractivity contribution is 0.299. The Bertz CT molecular complexity index is 584. The average Bonchev–Trinajstić information content (AvgIpc) is 2.50. The summed E-state index contributed by atoms with van der Waals surface area (Å²) in [7, 11) is 1.93. The van der Waals surface area contributed by atoms with Crippen LogP contribution in [0.3, 0.4) is 0 Å². The van der Waals surface area contributed by atoms with Crippen LogP contribution in [0.25, 0.3) is 0 Å². The minimum atomic E-state index is 0.163. The molecule has 0 amide bonds. The molecule has 4 heteroatoms. The van der Waals surface area contributed by atoms with E-state index in [9.17, 15) is 0 Å². The Morgan fingerprint density at radius 2 is 1.90 bits per heavy atom. The van der Waals surface area contributed by atoms with Crippen molar-refractivity contribution < 1.29 is 9.84 Å². The van der Waals surface area contributed by atoms with Crippen molar-refractivity contribution in [1.82, 2.24) is 5.32 Å². The molecule has 3 nitrogen and oxygen atoms in total. The highest BCUT2D eigenvalue weighted by Gasteiger charge is 2.11.